The van der Waals surface area contributed by atoms with E-state index in [2.05, 4.69) is 6.58 Å². The van der Waals surface area contributed by atoms with Gasteiger partial charge in [0.15, 0.2) is 0 Å². The molecule has 0 aromatic heterocycles. The molecule has 0 radical (unpaired) electrons. The molecule has 26 heavy (non-hydrogen) atoms. The number of aryl methyl sites for hydroxylation is 1. The Kier molecular flexibility index (Phi) is 6.15. The van der Waals surface area contributed by atoms with E-state index in [9.17, 15) is 8.42 Å². The van der Waals surface area contributed by atoms with E-state index in [1.807, 2.05) is 0 Å². The van der Waals surface area contributed by atoms with Gasteiger partial charge in [-0.05, 0) is 42.8 Å². The quantitative estimate of drug-likeness (QED) is 0.660. The van der Waals surface area contributed by atoms with Gasteiger partial charge < -0.3 is 14.2 Å². The highest BCUT2D eigenvalue weighted by molar-refractivity contribution is 7.92. The van der Waals surface area contributed by atoms with Crippen LogP contribution in [0.4, 0.5) is 5.69 Å². The minimum atomic E-state index is -3.85. The van der Waals surface area contributed by atoms with Gasteiger partial charge in [-0.25, -0.2) is 8.42 Å². The fraction of sp³-hybridized carbons (Fsp3) is 0.263. The molecule has 140 valence electrons. The maximum absolute atomic E-state index is 13.3. The van der Waals surface area contributed by atoms with Gasteiger partial charge in [0, 0.05) is 6.07 Å². The average molecular weight is 377 g/mol. The number of rotatable bonds is 8. The molecule has 0 amide bonds. The highest BCUT2D eigenvalue weighted by Crippen LogP contribution is 2.36. The van der Waals surface area contributed by atoms with Gasteiger partial charge in [-0.15, -0.1) is 6.58 Å². The van der Waals surface area contributed by atoms with Crippen molar-refractivity contribution in [3.63, 3.8) is 0 Å². The largest absolute Gasteiger partial charge is 0.497 e. The van der Waals surface area contributed by atoms with Gasteiger partial charge in [0.1, 0.15) is 17.2 Å². The monoisotopic (exact) mass is 377 g/mol. The second-order valence-electron chi connectivity index (χ2n) is 5.49. The highest BCUT2D eigenvalue weighted by atomic mass is 32.2. The summed E-state index contributed by atoms with van der Waals surface area (Å²) in [5.41, 5.74) is 1.10. The molecular weight excluding hydrogens is 354 g/mol. The third-order valence-electron chi connectivity index (χ3n) is 3.90. The van der Waals surface area contributed by atoms with Crippen LogP contribution in [0.5, 0.6) is 17.2 Å². The first kappa shape index (κ1) is 19.7. The molecule has 0 aliphatic heterocycles. The summed E-state index contributed by atoms with van der Waals surface area (Å²) in [6.07, 6.45) is 1.52. The fourth-order valence-electron chi connectivity index (χ4n) is 2.57. The molecule has 7 heteroatoms. The van der Waals surface area contributed by atoms with Gasteiger partial charge >= 0.3 is 0 Å². The first-order chi connectivity index (χ1) is 12.4. The molecule has 6 nitrogen and oxygen atoms in total. The molecule has 0 fully saturated rings. The van der Waals surface area contributed by atoms with Crippen molar-refractivity contribution in [2.45, 2.75) is 11.8 Å². The van der Waals surface area contributed by atoms with Crippen molar-refractivity contribution in [2.24, 2.45) is 0 Å². The van der Waals surface area contributed by atoms with Crippen molar-refractivity contribution in [1.29, 1.82) is 0 Å². The Morgan fingerprint density at radius 1 is 1.00 bits per heavy atom. The van der Waals surface area contributed by atoms with E-state index in [-0.39, 0.29) is 11.4 Å². The van der Waals surface area contributed by atoms with Crippen molar-refractivity contribution in [3.05, 3.63) is 54.6 Å². The summed E-state index contributed by atoms with van der Waals surface area (Å²) in [6, 6.07) is 9.73. The van der Waals surface area contributed by atoms with Crippen molar-refractivity contribution < 1.29 is 22.6 Å². The zero-order valence-corrected chi connectivity index (χ0v) is 16.2. The topological polar surface area (TPSA) is 65.1 Å². The van der Waals surface area contributed by atoms with Gasteiger partial charge in [-0.1, -0.05) is 6.08 Å². The zero-order valence-electron chi connectivity index (χ0n) is 15.4. The van der Waals surface area contributed by atoms with Crippen LogP contribution in [0.1, 0.15) is 5.56 Å². The molecule has 2 aromatic rings. The number of anilines is 1. The summed E-state index contributed by atoms with van der Waals surface area (Å²) in [5, 5.41) is 0. The first-order valence-electron chi connectivity index (χ1n) is 7.89. The number of hydrogen-bond donors (Lipinski definition) is 0. The minimum Gasteiger partial charge on any atom is -0.497 e. The fourth-order valence-corrected chi connectivity index (χ4v) is 4.10. The lowest BCUT2D eigenvalue weighted by atomic mass is 10.2. The molecule has 0 saturated carbocycles. The molecule has 0 aliphatic rings. The molecular formula is C19H23NO5S. The van der Waals surface area contributed by atoms with Crippen LogP contribution < -0.4 is 18.5 Å². The third kappa shape index (κ3) is 3.77. The summed E-state index contributed by atoms with van der Waals surface area (Å²) >= 11 is 0. The van der Waals surface area contributed by atoms with Crippen LogP contribution in [0, 0.1) is 6.92 Å². The summed E-state index contributed by atoms with van der Waals surface area (Å²) in [5.74, 6) is 1.57. The molecule has 0 aliphatic carbocycles. The van der Waals surface area contributed by atoms with Crippen LogP contribution >= 0.6 is 0 Å². The SMILES string of the molecule is C=CCN(c1cc(OC)ccc1OC)S(=O)(=O)c1ccc(OC)c(C)c1. The molecule has 2 aromatic carbocycles. The Morgan fingerprint density at radius 3 is 2.19 bits per heavy atom. The van der Waals surface area contributed by atoms with Crippen LogP contribution in [0.25, 0.3) is 0 Å². The smallest absolute Gasteiger partial charge is 0.264 e. The van der Waals surface area contributed by atoms with Crippen LogP contribution in [0.2, 0.25) is 0 Å². The van der Waals surface area contributed by atoms with Crippen LogP contribution in [-0.4, -0.2) is 36.3 Å². The first-order valence-corrected chi connectivity index (χ1v) is 9.33. The van der Waals surface area contributed by atoms with Crippen LogP contribution in [-0.2, 0) is 10.0 Å². The van der Waals surface area contributed by atoms with E-state index in [1.54, 1.807) is 44.4 Å². The molecule has 0 atom stereocenters. The Labute approximate surface area is 154 Å². The Morgan fingerprint density at radius 2 is 1.65 bits per heavy atom. The lowest BCUT2D eigenvalue weighted by Gasteiger charge is -2.25. The molecule has 0 unspecified atom stereocenters. The van der Waals surface area contributed by atoms with Crippen LogP contribution in [0.3, 0.4) is 0 Å². The van der Waals surface area contributed by atoms with E-state index in [0.29, 0.717) is 22.9 Å². The summed E-state index contributed by atoms with van der Waals surface area (Å²) in [4.78, 5) is 0.155. The van der Waals surface area contributed by atoms with Crippen molar-refractivity contribution in [2.75, 3.05) is 32.2 Å². The van der Waals surface area contributed by atoms with Gasteiger partial charge in [0.25, 0.3) is 10.0 Å². The number of benzene rings is 2. The maximum Gasteiger partial charge on any atom is 0.264 e. The van der Waals surface area contributed by atoms with Gasteiger partial charge in [0.2, 0.25) is 0 Å². The second-order valence-corrected chi connectivity index (χ2v) is 7.36. The average Bonchev–Trinajstić information content (AvgIpc) is 2.65. The van der Waals surface area contributed by atoms with Gasteiger partial charge in [0.05, 0.1) is 38.5 Å². The summed E-state index contributed by atoms with van der Waals surface area (Å²) < 4.78 is 43.6. The number of sulfonamides is 1. The molecule has 0 heterocycles. The molecule has 0 saturated heterocycles. The van der Waals surface area contributed by atoms with Crippen LogP contribution in [0.15, 0.2) is 53.9 Å². The molecule has 2 rings (SSSR count). The summed E-state index contributed by atoms with van der Waals surface area (Å²) in [7, 11) is 0.699. The number of hydrogen-bond acceptors (Lipinski definition) is 5. The van der Waals surface area contributed by atoms with Crippen molar-refractivity contribution in [1.82, 2.24) is 0 Å². The molecule has 0 spiro atoms. The maximum atomic E-state index is 13.3. The Balaban J connectivity index is 2.62. The standard InChI is InChI=1S/C19H23NO5S/c1-6-11-20(17-13-15(23-3)7-9-19(17)25-5)26(21,22)16-8-10-18(24-4)14(2)12-16/h6-10,12-13H,1,11H2,2-5H3. The van der Waals surface area contributed by atoms with Crippen molar-refractivity contribution >= 4 is 15.7 Å². The van der Waals surface area contributed by atoms with E-state index >= 15 is 0 Å². The number of nitrogens with zero attached hydrogens (tertiary/aromatic N) is 1. The predicted molar refractivity (Wildman–Crippen MR) is 102 cm³/mol. The second kappa shape index (κ2) is 8.14. The molecule has 0 bridgehead atoms. The van der Waals surface area contributed by atoms with E-state index in [4.69, 9.17) is 14.2 Å². The van der Waals surface area contributed by atoms with Gasteiger partial charge in [-0.2, -0.15) is 0 Å². The lowest BCUT2D eigenvalue weighted by Crippen LogP contribution is -2.31. The Bertz CT molecular complexity index is 893. The highest BCUT2D eigenvalue weighted by Gasteiger charge is 2.27. The van der Waals surface area contributed by atoms with E-state index < -0.39 is 10.0 Å². The molecule has 0 N–H and O–H groups in total. The summed E-state index contributed by atoms with van der Waals surface area (Å²) in [6.45, 7) is 5.55. The third-order valence-corrected chi connectivity index (χ3v) is 5.68. The lowest BCUT2D eigenvalue weighted by molar-refractivity contribution is 0.404. The zero-order chi connectivity index (χ0) is 19.3. The number of ether oxygens (including phenoxy) is 3. The normalized spacial score (nSPS) is 10.9. The van der Waals surface area contributed by atoms with Gasteiger partial charge in [-0.3, -0.25) is 4.31 Å². The Hall–Kier alpha value is -2.67. The van der Waals surface area contributed by atoms with E-state index in [0.717, 1.165) is 5.56 Å². The van der Waals surface area contributed by atoms with E-state index in [1.165, 1.54) is 30.7 Å². The predicted octanol–water partition coefficient (Wildman–Crippen LogP) is 3.40. The minimum absolute atomic E-state index is 0.0803. The van der Waals surface area contributed by atoms with Crippen molar-refractivity contribution in [3.8, 4) is 17.2 Å². The number of methoxy groups -OCH3 is 3.